The average Bonchev–Trinajstić information content (AvgIpc) is 2.76. The highest BCUT2D eigenvalue weighted by molar-refractivity contribution is 7.89. The van der Waals surface area contributed by atoms with Crippen LogP contribution in [-0.2, 0) is 26.1 Å². The van der Waals surface area contributed by atoms with Gasteiger partial charge in [0.15, 0.2) is 0 Å². The quantitative estimate of drug-likeness (QED) is 0.531. The summed E-state index contributed by atoms with van der Waals surface area (Å²) >= 11 is 11.9. The summed E-state index contributed by atoms with van der Waals surface area (Å²) in [7, 11) is -3.73. The summed E-state index contributed by atoms with van der Waals surface area (Å²) in [6.07, 6.45) is -0.111. The summed E-state index contributed by atoms with van der Waals surface area (Å²) in [6.45, 7) is -0.0608. The number of benzene rings is 2. The molecule has 0 bridgehead atoms. The number of aliphatic hydroxyl groups excluding tert-OH is 1. The molecule has 1 aliphatic heterocycles. The number of ether oxygens (including phenoxy) is 1. The monoisotopic (exact) mass is 486 g/mol. The van der Waals surface area contributed by atoms with Gasteiger partial charge in [-0.2, -0.15) is 0 Å². The van der Waals surface area contributed by atoms with Crippen molar-refractivity contribution in [1.82, 2.24) is 10.0 Å². The van der Waals surface area contributed by atoms with E-state index in [9.17, 15) is 18.3 Å². The first kappa shape index (κ1) is 24.0. The van der Waals surface area contributed by atoms with Crippen molar-refractivity contribution in [2.75, 3.05) is 6.61 Å². The molecule has 0 spiro atoms. The first-order valence-corrected chi connectivity index (χ1v) is 12.1. The van der Waals surface area contributed by atoms with Gasteiger partial charge in [0, 0.05) is 6.54 Å². The van der Waals surface area contributed by atoms with Gasteiger partial charge >= 0.3 is 0 Å². The van der Waals surface area contributed by atoms with Crippen molar-refractivity contribution in [1.29, 1.82) is 0 Å². The molecule has 1 amide bonds. The molecule has 31 heavy (non-hydrogen) atoms. The lowest BCUT2D eigenvalue weighted by Gasteiger charge is -2.35. The zero-order chi connectivity index (χ0) is 22.4. The van der Waals surface area contributed by atoms with Crippen LogP contribution in [0.3, 0.4) is 0 Å². The molecule has 3 rings (SSSR count). The van der Waals surface area contributed by atoms with E-state index in [4.69, 9.17) is 27.9 Å². The normalized spacial score (nSPS) is 21.6. The molecule has 0 radical (unpaired) electrons. The van der Waals surface area contributed by atoms with Crippen molar-refractivity contribution in [3.05, 3.63) is 64.1 Å². The molecule has 1 saturated heterocycles. The predicted octanol–water partition coefficient (Wildman–Crippen LogP) is 2.89. The van der Waals surface area contributed by atoms with E-state index in [1.165, 1.54) is 12.1 Å². The van der Waals surface area contributed by atoms with Gasteiger partial charge in [-0.3, -0.25) is 4.79 Å². The molecule has 0 unspecified atom stereocenters. The molecule has 3 atom stereocenters. The van der Waals surface area contributed by atoms with Crippen LogP contribution in [0.5, 0.6) is 0 Å². The molecule has 2 aromatic carbocycles. The van der Waals surface area contributed by atoms with Crippen LogP contribution in [0.1, 0.15) is 24.8 Å². The average molecular weight is 487 g/mol. The molecule has 2 aromatic rings. The molecule has 1 aliphatic rings. The van der Waals surface area contributed by atoms with E-state index in [1.807, 2.05) is 0 Å². The number of rotatable bonds is 8. The van der Waals surface area contributed by atoms with Gasteiger partial charge in [0.05, 0.1) is 46.2 Å². The smallest absolute Gasteiger partial charge is 0.240 e. The topological polar surface area (TPSA) is 105 Å². The van der Waals surface area contributed by atoms with Crippen molar-refractivity contribution in [2.24, 2.45) is 0 Å². The second kappa shape index (κ2) is 10.8. The number of aliphatic hydroxyl groups is 1. The Balaban J connectivity index is 1.52. The number of carbonyl (C=O) groups excluding carboxylic acids is 1. The Hall–Kier alpha value is -1.68. The highest BCUT2D eigenvalue weighted by atomic mass is 35.5. The van der Waals surface area contributed by atoms with E-state index in [-0.39, 0.29) is 23.8 Å². The maximum Gasteiger partial charge on any atom is 0.240 e. The van der Waals surface area contributed by atoms with E-state index in [2.05, 4.69) is 10.0 Å². The predicted molar refractivity (Wildman–Crippen MR) is 118 cm³/mol. The molecule has 1 fully saturated rings. The lowest BCUT2D eigenvalue weighted by molar-refractivity contribution is -0.130. The van der Waals surface area contributed by atoms with E-state index < -0.39 is 28.3 Å². The second-order valence-electron chi connectivity index (χ2n) is 7.33. The van der Waals surface area contributed by atoms with Gasteiger partial charge in [-0.15, -0.1) is 0 Å². The summed E-state index contributed by atoms with van der Waals surface area (Å²) < 4.78 is 33.5. The van der Waals surface area contributed by atoms with Gasteiger partial charge in [-0.1, -0.05) is 47.5 Å². The Labute approximate surface area is 191 Å². The molecule has 0 aromatic heterocycles. The first-order chi connectivity index (χ1) is 14.8. The minimum absolute atomic E-state index is 0.107. The molecule has 7 nitrogen and oxygen atoms in total. The fourth-order valence-electron chi connectivity index (χ4n) is 3.41. The number of hydrogen-bond donors (Lipinski definition) is 3. The van der Waals surface area contributed by atoms with Crippen LogP contribution in [0, 0.1) is 0 Å². The Morgan fingerprint density at radius 1 is 1.10 bits per heavy atom. The fraction of sp³-hybridized carbons (Fsp3) is 0.381. The van der Waals surface area contributed by atoms with Crippen LogP contribution in [-0.4, -0.2) is 44.3 Å². The Kier molecular flexibility index (Phi) is 8.32. The van der Waals surface area contributed by atoms with Crippen LogP contribution in [0.2, 0.25) is 10.0 Å². The third-order valence-electron chi connectivity index (χ3n) is 5.04. The fourth-order valence-corrected chi connectivity index (χ4v) is 5.05. The SMILES string of the molecule is O=C(C[C@H]1CC[C@H](NS(=O)(=O)c2ccccc2)[C@@H](CO)O1)NCc1ccc(Cl)c(Cl)c1. The van der Waals surface area contributed by atoms with Crippen molar-refractivity contribution < 1.29 is 23.1 Å². The summed E-state index contributed by atoms with van der Waals surface area (Å²) in [4.78, 5) is 12.5. The molecule has 3 N–H and O–H groups in total. The summed E-state index contributed by atoms with van der Waals surface area (Å²) in [5.74, 6) is -0.212. The standard InChI is InChI=1S/C21H24Cl2N2O5S/c22-17-8-6-14(10-18(17)23)12-24-21(27)11-15-7-9-19(20(13-26)30-15)25-31(28,29)16-4-2-1-3-5-16/h1-6,8,10,15,19-20,25-26H,7,9,11-13H2,(H,24,27)/t15-,19+,20-/m1/s1. The summed E-state index contributed by atoms with van der Waals surface area (Å²) in [5.41, 5.74) is 0.816. The van der Waals surface area contributed by atoms with E-state index >= 15 is 0 Å². The van der Waals surface area contributed by atoms with Crippen LogP contribution >= 0.6 is 23.2 Å². The van der Waals surface area contributed by atoms with Gasteiger partial charge < -0.3 is 15.2 Å². The third-order valence-corrected chi connectivity index (χ3v) is 7.29. The molecule has 0 aliphatic carbocycles. The van der Waals surface area contributed by atoms with Crippen LogP contribution in [0.15, 0.2) is 53.4 Å². The highest BCUT2D eigenvalue weighted by Gasteiger charge is 2.34. The Morgan fingerprint density at radius 3 is 2.52 bits per heavy atom. The maximum atomic E-state index is 12.6. The van der Waals surface area contributed by atoms with Crippen molar-refractivity contribution in [3.63, 3.8) is 0 Å². The van der Waals surface area contributed by atoms with Crippen LogP contribution < -0.4 is 10.0 Å². The largest absolute Gasteiger partial charge is 0.394 e. The number of amides is 1. The Bertz CT molecular complexity index is 1000. The lowest BCUT2D eigenvalue weighted by Crippen LogP contribution is -2.51. The number of sulfonamides is 1. The van der Waals surface area contributed by atoms with Gasteiger partial charge in [-0.25, -0.2) is 13.1 Å². The molecule has 10 heteroatoms. The number of nitrogens with one attached hydrogen (secondary N) is 2. The Morgan fingerprint density at radius 2 is 1.84 bits per heavy atom. The van der Waals surface area contributed by atoms with E-state index in [0.29, 0.717) is 29.4 Å². The van der Waals surface area contributed by atoms with Gasteiger partial charge in [-0.05, 0) is 42.7 Å². The van der Waals surface area contributed by atoms with Crippen molar-refractivity contribution in [3.8, 4) is 0 Å². The van der Waals surface area contributed by atoms with Crippen LogP contribution in [0.4, 0.5) is 0 Å². The van der Waals surface area contributed by atoms with Crippen molar-refractivity contribution in [2.45, 2.75) is 49.0 Å². The van der Waals surface area contributed by atoms with Gasteiger partial charge in [0.2, 0.25) is 15.9 Å². The third kappa shape index (κ3) is 6.65. The number of hydrogen-bond acceptors (Lipinski definition) is 5. The molecule has 0 saturated carbocycles. The maximum absolute atomic E-state index is 12.6. The van der Waals surface area contributed by atoms with Gasteiger partial charge in [0.25, 0.3) is 0 Å². The second-order valence-corrected chi connectivity index (χ2v) is 9.85. The summed E-state index contributed by atoms with van der Waals surface area (Å²) in [6, 6.07) is 12.6. The summed E-state index contributed by atoms with van der Waals surface area (Å²) in [5, 5.41) is 13.4. The molecule has 1 heterocycles. The van der Waals surface area contributed by atoms with E-state index in [1.54, 1.807) is 36.4 Å². The van der Waals surface area contributed by atoms with Crippen molar-refractivity contribution >= 4 is 39.1 Å². The minimum atomic E-state index is -3.73. The molecular formula is C21H24Cl2N2O5S. The lowest BCUT2D eigenvalue weighted by atomic mass is 9.98. The highest BCUT2D eigenvalue weighted by Crippen LogP contribution is 2.24. The number of carbonyl (C=O) groups is 1. The number of halogens is 2. The molecule has 168 valence electrons. The van der Waals surface area contributed by atoms with E-state index in [0.717, 1.165) is 5.56 Å². The zero-order valence-electron chi connectivity index (χ0n) is 16.6. The first-order valence-electron chi connectivity index (χ1n) is 9.83. The van der Waals surface area contributed by atoms with Crippen LogP contribution in [0.25, 0.3) is 0 Å². The molecular weight excluding hydrogens is 463 g/mol. The minimum Gasteiger partial charge on any atom is -0.394 e. The van der Waals surface area contributed by atoms with Gasteiger partial charge in [0.1, 0.15) is 0 Å². The zero-order valence-corrected chi connectivity index (χ0v) is 19.0.